The second kappa shape index (κ2) is 6.01. The normalized spacial score (nSPS) is 11.2. The number of thiophene rings is 1. The average molecular weight is 351 g/mol. The van der Waals surface area contributed by atoms with Gasteiger partial charge >= 0.3 is 0 Å². The molecule has 3 aromatic rings. The topological polar surface area (TPSA) is 103 Å². The van der Waals surface area contributed by atoms with Crippen molar-refractivity contribution in [1.29, 1.82) is 0 Å². The summed E-state index contributed by atoms with van der Waals surface area (Å²) in [6.07, 6.45) is 1.46. The molecular formula is C14H10FN3O3S2. The molecule has 2 heterocycles. The van der Waals surface area contributed by atoms with Gasteiger partial charge in [-0.15, -0.1) is 11.3 Å². The Morgan fingerprint density at radius 1 is 1.26 bits per heavy atom. The lowest BCUT2D eigenvalue weighted by atomic mass is 10.0. The number of hydrogen-bond acceptors (Lipinski definition) is 6. The molecule has 1 amide bonds. The fourth-order valence-electron chi connectivity index (χ4n) is 2.18. The van der Waals surface area contributed by atoms with Crippen LogP contribution in [-0.4, -0.2) is 24.3 Å². The first-order valence-corrected chi connectivity index (χ1v) is 8.59. The fraction of sp³-hybridized carbons (Fsp3) is 0.0714. The Kier molecular flexibility index (Phi) is 4.05. The number of halogens is 1. The molecule has 118 valence electrons. The molecular weight excluding hydrogens is 341 g/mol. The molecule has 0 saturated carbocycles. The summed E-state index contributed by atoms with van der Waals surface area (Å²) in [5.74, 6) is -1.21. The zero-order valence-electron chi connectivity index (χ0n) is 11.5. The molecule has 0 radical (unpaired) electrons. The molecule has 2 N–H and O–H groups in total. The molecule has 1 aromatic carbocycles. The van der Waals surface area contributed by atoms with Crippen molar-refractivity contribution < 1.29 is 17.6 Å². The maximum absolute atomic E-state index is 13.1. The summed E-state index contributed by atoms with van der Waals surface area (Å²) >= 11 is 1.11. The van der Waals surface area contributed by atoms with E-state index in [1.165, 1.54) is 30.5 Å². The predicted octanol–water partition coefficient (Wildman–Crippen LogP) is 1.71. The van der Waals surface area contributed by atoms with Crippen molar-refractivity contribution in [3.05, 3.63) is 47.0 Å². The summed E-state index contributed by atoms with van der Waals surface area (Å²) in [6, 6.07) is 5.55. The van der Waals surface area contributed by atoms with Crippen LogP contribution in [0.4, 0.5) is 4.39 Å². The number of thiol groups is 1. The van der Waals surface area contributed by atoms with Crippen LogP contribution in [0.15, 0.2) is 30.5 Å². The predicted molar refractivity (Wildman–Crippen MR) is 85.3 cm³/mol. The third kappa shape index (κ3) is 3.06. The molecule has 0 spiro atoms. The number of fused-ring (bicyclic) bond motifs is 1. The van der Waals surface area contributed by atoms with Crippen LogP contribution in [0.1, 0.15) is 15.5 Å². The van der Waals surface area contributed by atoms with Gasteiger partial charge in [0, 0.05) is 11.8 Å². The van der Waals surface area contributed by atoms with Crippen molar-refractivity contribution >= 4 is 38.2 Å². The van der Waals surface area contributed by atoms with Gasteiger partial charge in [0.25, 0.3) is 5.91 Å². The van der Waals surface area contributed by atoms with Gasteiger partial charge < -0.3 is 5.73 Å². The van der Waals surface area contributed by atoms with E-state index in [0.717, 1.165) is 11.3 Å². The van der Waals surface area contributed by atoms with Crippen molar-refractivity contribution in [3.63, 3.8) is 0 Å². The number of amides is 1. The molecule has 0 saturated heterocycles. The van der Waals surface area contributed by atoms with E-state index in [0.29, 0.717) is 21.3 Å². The maximum atomic E-state index is 13.1. The smallest absolute Gasteiger partial charge is 0.259 e. The molecule has 6 nitrogen and oxygen atoms in total. The first-order valence-electron chi connectivity index (χ1n) is 6.41. The van der Waals surface area contributed by atoms with Gasteiger partial charge in [-0.3, -0.25) is 4.79 Å². The van der Waals surface area contributed by atoms with E-state index in [-0.39, 0.29) is 16.5 Å². The molecule has 0 atom stereocenters. The van der Waals surface area contributed by atoms with E-state index >= 15 is 0 Å². The Labute approximate surface area is 135 Å². The third-order valence-electron chi connectivity index (χ3n) is 3.11. The molecule has 9 heteroatoms. The lowest BCUT2D eigenvalue weighted by molar-refractivity contribution is 0.100. The van der Waals surface area contributed by atoms with Gasteiger partial charge in [0.05, 0.1) is 10.2 Å². The molecule has 0 unspecified atom stereocenters. The van der Waals surface area contributed by atoms with Gasteiger partial charge in [0.1, 0.15) is 33.0 Å². The molecule has 0 aliphatic heterocycles. The van der Waals surface area contributed by atoms with Crippen molar-refractivity contribution in [2.24, 2.45) is 5.73 Å². The van der Waals surface area contributed by atoms with Crippen LogP contribution in [-0.2, 0) is 16.5 Å². The zero-order chi connectivity index (χ0) is 16.6. The molecule has 2 aromatic heterocycles. The summed E-state index contributed by atoms with van der Waals surface area (Å²) in [5.41, 5.74) is 6.88. The van der Waals surface area contributed by atoms with Gasteiger partial charge in [-0.25, -0.2) is 22.8 Å². The van der Waals surface area contributed by atoms with Crippen LogP contribution in [0.5, 0.6) is 0 Å². The van der Waals surface area contributed by atoms with Crippen LogP contribution in [0.2, 0.25) is 0 Å². The van der Waals surface area contributed by atoms with Crippen LogP contribution in [0.25, 0.3) is 21.3 Å². The number of rotatable bonds is 4. The highest BCUT2D eigenvalue weighted by molar-refractivity contribution is 7.71. The van der Waals surface area contributed by atoms with E-state index in [1.54, 1.807) is 0 Å². The van der Waals surface area contributed by atoms with Crippen LogP contribution in [0.3, 0.4) is 0 Å². The standard InChI is InChI=1S/C14H10FN3O3S2/c15-8-3-1-7(2-4-8)11-12-9(22-13(11)14(16)19)5-17-10(18-12)6-23(20)21/h1-5,23H,6H2,(H2,16,19). The Bertz CT molecular complexity index is 973. The molecule has 0 aliphatic carbocycles. The lowest BCUT2D eigenvalue weighted by Crippen LogP contribution is -2.10. The minimum Gasteiger partial charge on any atom is -0.365 e. The highest BCUT2D eigenvalue weighted by Crippen LogP contribution is 2.37. The van der Waals surface area contributed by atoms with Gasteiger partial charge in [-0.2, -0.15) is 0 Å². The monoisotopic (exact) mass is 351 g/mol. The third-order valence-corrected chi connectivity index (χ3v) is 4.78. The largest absolute Gasteiger partial charge is 0.365 e. The van der Waals surface area contributed by atoms with Crippen LogP contribution in [0, 0.1) is 5.82 Å². The van der Waals surface area contributed by atoms with Gasteiger partial charge in [-0.1, -0.05) is 12.1 Å². The Morgan fingerprint density at radius 2 is 1.96 bits per heavy atom. The highest BCUT2D eigenvalue weighted by Gasteiger charge is 2.20. The van der Waals surface area contributed by atoms with Crippen LogP contribution < -0.4 is 5.73 Å². The summed E-state index contributed by atoms with van der Waals surface area (Å²) in [4.78, 5) is 20.2. The average Bonchev–Trinajstić information content (AvgIpc) is 2.86. The lowest BCUT2D eigenvalue weighted by Gasteiger charge is -2.03. The second-order valence-electron chi connectivity index (χ2n) is 4.67. The van der Waals surface area contributed by atoms with Crippen molar-refractivity contribution in [3.8, 4) is 11.1 Å². The number of hydrogen-bond donors (Lipinski definition) is 2. The number of carbonyl (C=O) groups excluding carboxylic acids is 1. The summed E-state index contributed by atoms with van der Waals surface area (Å²) in [7, 11) is -2.67. The van der Waals surface area contributed by atoms with Crippen molar-refractivity contribution in [1.82, 2.24) is 9.97 Å². The summed E-state index contributed by atoms with van der Waals surface area (Å²) < 4.78 is 35.4. The molecule has 0 bridgehead atoms. The summed E-state index contributed by atoms with van der Waals surface area (Å²) in [6.45, 7) is 0. The van der Waals surface area contributed by atoms with E-state index in [9.17, 15) is 17.6 Å². The minimum absolute atomic E-state index is 0.130. The number of nitrogens with two attached hydrogens (primary N) is 1. The highest BCUT2D eigenvalue weighted by atomic mass is 32.2. The summed E-state index contributed by atoms with van der Waals surface area (Å²) in [5, 5.41) is 0. The van der Waals surface area contributed by atoms with Crippen LogP contribution >= 0.6 is 11.3 Å². The Morgan fingerprint density at radius 3 is 2.57 bits per heavy atom. The number of benzene rings is 1. The molecule has 3 rings (SSSR count). The van der Waals surface area contributed by atoms with Crippen molar-refractivity contribution in [2.45, 2.75) is 5.75 Å². The zero-order valence-corrected chi connectivity index (χ0v) is 13.2. The minimum atomic E-state index is -2.67. The van der Waals surface area contributed by atoms with Gasteiger partial charge in [0.2, 0.25) is 0 Å². The Hall–Kier alpha value is -2.39. The first kappa shape index (κ1) is 15.5. The van der Waals surface area contributed by atoms with Gasteiger partial charge in [0.15, 0.2) is 0 Å². The second-order valence-corrected chi connectivity index (χ2v) is 6.70. The molecule has 23 heavy (non-hydrogen) atoms. The number of aromatic nitrogens is 2. The molecule has 0 fully saturated rings. The van der Waals surface area contributed by atoms with E-state index in [1.807, 2.05) is 0 Å². The first-order chi connectivity index (χ1) is 11.0. The maximum Gasteiger partial charge on any atom is 0.259 e. The molecule has 0 aliphatic rings. The van der Waals surface area contributed by atoms with E-state index < -0.39 is 22.4 Å². The fourth-order valence-corrected chi connectivity index (χ4v) is 3.55. The van der Waals surface area contributed by atoms with E-state index in [4.69, 9.17) is 5.73 Å². The SMILES string of the molecule is NC(=O)c1sc2cnc(C[SH](=O)=O)nc2c1-c1ccc(F)cc1. The van der Waals surface area contributed by atoms with Gasteiger partial charge in [-0.05, 0) is 17.7 Å². The van der Waals surface area contributed by atoms with E-state index in [2.05, 4.69) is 9.97 Å². The number of nitrogens with zero attached hydrogens (tertiary/aromatic N) is 2. The Balaban J connectivity index is 2.28. The number of primary amides is 1. The number of carbonyl (C=O) groups is 1. The quantitative estimate of drug-likeness (QED) is 0.697. The van der Waals surface area contributed by atoms with Crippen molar-refractivity contribution in [2.75, 3.05) is 0 Å².